The molecule has 0 spiro atoms. The fourth-order valence-electron chi connectivity index (χ4n) is 3.84. The van der Waals surface area contributed by atoms with Gasteiger partial charge < -0.3 is 9.26 Å². The second-order valence-electron chi connectivity index (χ2n) is 7.20. The van der Waals surface area contributed by atoms with Gasteiger partial charge in [-0.25, -0.2) is 4.98 Å². The normalized spacial score (nSPS) is 20.2. The van der Waals surface area contributed by atoms with E-state index in [0.29, 0.717) is 11.8 Å². The number of pyridine rings is 1. The van der Waals surface area contributed by atoms with Gasteiger partial charge in [0.15, 0.2) is 0 Å². The fourth-order valence-corrected chi connectivity index (χ4v) is 3.84. The molecule has 2 heterocycles. The minimum Gasteiger partial charge on any atom is -0.481 e. The Kier molecular flexibility index (Phi) is 4.20. The summed E-state index contributed by atoms with van der Waals surface area (Å²) in [4.78, 5) is 4.33. The van der Waals surface area contributed by atoms with Gasteiger partial charge in [0.2, 0.25) is 5.88 Å². The second-order valence-corrected chi connectivity index (χ2v) is 7.20. The van der Waals surface area contributed by atoms with Crippen molar-refractivity contribution < 1.29 is 9.26 Å². The van der Waals surface area contributed by atoms with E-state index in [1.807, 2.05) is 26.1 Å². The first-order chi connectivity index (χ1) is 12.1. The van der Waals surface area contributed by atoms with Crippen molar-refractivity contribution in [1.29, 1.82) is 0 Å². The summed E-state index contributed by atoms with van der Waals surface area (Å²) in [6.45, 7) is 4.04. The maximum atomic E-state index is 5.40. The van der Waals surface area contributed by atoms with Gasteiger partial charge in [-0.3, -0.25) is 0 Å². The Morgan fingerprint density at radius 2 is 2.08 bits per heavy atom. The largest absolute Gasteiger partial charge is 0.481 e. The van der Waals surface area contributed by atoms with Gasteiger partial charge >= 0.3 is 0 Å². The van der Waals surface area contributed by atoms with Crippen molar-refractivity contribution in [2.24, 2.45) is 11.8 Å². The van der Waals surface area contributed by atoms with Gasteiger partial charge in [0.25, 0.3) is 0 Å². The summed E-state index contributed by atoms with van der Waals surface area (Å²) in [6, 6.07) is 4.02. The Morgan fingerprint density at radius 3 is 2.68 bits per heavy atom. The third kappa shape index (κ3) is 3.39. The van der Waals surface area contributed by atoms with Crippen LogP contribution in [0.2, 0.25) is 0 Å². The molecule has 1 unspecified atom stereocenters. The van der Waals surface area contributed by atoms with Crippen molar-refractivity contribution in [2.45, 2.75) is 39.5 Å². The summed E-state index contributed by atoms with van der Waals surface area (Å²) in [7, 11) is 1.64. The van der Waals surface area contributed by atoms with Crippen molar-refractivity contribution in [3.8, 4) is 5.88 Å². The molecule has 0 amide bonds. The van der Waals surface area contributed by atoms with Gasteiger partial charge in [-0.15, -0.1) is 0 Å². The zero-order valence-electron chi connectivity index (χ0n) is 15.1. The van der Waals surface area contributed by atoms with Crippen molar-refractivity contribution in [3.63, 3.8) is 0 Å². The molecule has 2 aromatic rings. The van der Waals surface area contributed by atoms with Crippen LogP contribution in [0.1, 0.15) is 41.8 Å². The number of aromatic nitrogens is 2. The van der Waals surface area contributed by atoms with Crippen LogP contribution in [0.5, 0.6) is 5.88 Å². The lowest BCUT2D eigenvalue weighted by Crippen LogP contribution is -2.09. The summed E-state index contributed by atoms with van der Waals surface area (Å²) in [5, 5.41) is 4.15. The van der Waals surface area contributed by atoms with E-state index < -0.39 is 0 Å². The van der Waals surface area contributed by atoms with Gasteiger partial charge in [-0.05, 0) is 68.1 Å². The lowest BCUT2D eigenvalue weighted by molar-refractivity contribution is 0.393. The SMILES string of the molecule is COc1ccc(CC2=CC(C3CC3)CC(c3c(C)noc3C)=C2)cn1. The lowest BCUT2D eigenvalue weighted by Gasteiger charge is -2.22. The molecule has 1 atom stereocenters. The van der Waals surface area contributed by atoms with E-state index in [2.05, 4.69) is 28.4 Å². The molecule has 1 fully saturated rings. The van der Waals surface area contributed by atoms with E-state index in [1.54, 1.807) is 7.11 Å². The number of ether oxygens (including phenoxy) is 1. The number of aryl methyl sites for hydroxylation is 2. The van der Waals surface area contributed by atoms with Gasteiger partial charge in [0.1, 0.15) is 5.76 Å². The summed E-state index contributed by atoms with van der Waals surface area (Å²) < 4.78 is 10.6. The molecule has 0 aromatic carbocycles. The Labute approximate surface area is 148 Å². The number of methoxy groups -OCH3 is 1. The van der Waals surface area contributed by atoms with E-state index in [9.17, 15) is 0 Å². The highest BCUT2D eigenvalue weighted by atomic mass is 16.5. The van der Waals surface area contributed by atoms with E-state index in [0.717, 1.165) is 30.2 Å². The molecular formula is C21H24N2O2. The van der Waals surface area contributed by atoms with Crippen molar-refractivity contribution in [3.05, 3.63) is 58.6 Å². The Balaban J connectivity index is 1.63. The van der Waals surface area contributed by atoms with Crippen LogP contribution in [-0.2, 0) is 6.42 Å². The van der Waals surface area contributed by atoms with E-state index >= 15 is 0 Å². The van der Waals surface area contributed by atoms with Gasteiger partial charge in [-0.1, -0.05) is 23.4 Å². The third-order valence-corrected chi connectivity index (χ3v) is 5.24. The Hall–Kier alpha value is -2.36. The first-order valence-electron chi connectivity index (χ1n) is 8.97. The molecule has 1 saturated carbocycles. The molecule has 2 aromatic heterocycles. The topological polar surface area (TPSA) is 48.2 Å². The zero-order valence-corrected chi connectivity index (χ0v) is 15.1. The standard InChI is InChI=1S/C21H24N2O2/c1-13-21(14(2)25-23-13)19-10-16(9-18(11-19)17-5-6-17)8-15-4-7-20(24-3)22-12-15/h4,7,9-10,12,17-18H,5-6,8,11H2,1-3H3. The summed E-state index contributed by atoms with van der Waals surface area (Å²) >= 11 is 0. The molecule has 4 nitrogen and oxygen atoms in total. The minimum absolute atomic E-state index is 0.634. The molecule has 0 saturated heterocycles. The molecule has 2 aliphatic carbocycles. The maximum Gasteiger partial charge on any atom is 0.212 e. The van der Waals surface area contributed by atoms with Gasteiger partial charge in [0.05, 0.1) is 12.8 Å². The lowest BCUT2D eigenvalue weighted by atomic mass is 9.82. The van der Waals surface area contributed by atoms with Crippen molar-refractivity contribution in [1.82, 2.24) is 10.1 Å². The number of rotatable bonds is 5. The van der Waals surface area contributed by atoms with Crippen LogP contribution in [0.3, 0.4) is 0 Å². The molecule has 0 radical (unpaired) electrons. The monoisotopic (exact) mass is 336 g/mol. The molecule has 4 rings (SSSR count). The molecule has 130 valence electrons. The molecule has 0 bridgehead atoms. The number of allylic oxidation sites excluding steroid dienone is 4. The predicted octanol–water partition coefficient (Wildman–Crippen LogP) is 4.68. The minimum atomic E-state index is 0.634. The van der Waals surface area contributed by atoms with E-state index in [1.165, 1.54) is 35.1 Å². The van der Waals surface area contributed by atoms with E-state index in [-0.39, 0.29) is 0 Å². The van der Waals surface area contributed by atoms with Crippen molar-refractivity contribution >= 4 is 5.57 Å². The average Bonchev–Trinajstić information content (AvgIpc) is 3.41. The highest BCUT2D eigenvalue weighted by Gasteiger charge is 2.33. The average molecular weight is 336 g/mol. The van der Waals surface area contributed by atoms with Gasteiger partial charge in [-0.2, -0.15) is 0 Å². The molecule has 0 aliphatic heterocycles. The Morgan fingerprint density at radius 1 is 1.24 bits per heavy atom. The second kappa shape index (κ2) is 6.51. The van der Waals surface area contributed by atoms with Crippen LogP contribution in [0, 0.1) is 25.7 Å². The number of hydrogen-bond acceptors (Lipinski definition) is 4. The highest BCUT2D eigenvalue weighted by molar-refractivity contribution is 5.72. The third-order valence-electron chi connectivity index (χ3n) is 5.24. The molecule has 4 heteroatoms. The maximum absolute atomic E-state index is 5.40. The smallest absolute Gasteiger partial charge is 0.212 e. The molecule has 0 N–H and O–H groups in total. The van der Waals surface area contributed by atoms with Crippen LogP contribution >= 0.6 is 0 Å². The van der Waals surface area contributed by atoms with E-state index in [4.69, 9.17) is 9.26 Å². The van der Waals surface area contributed by atoms with Crippen LogP contribution in [0.25, 0.3) is 5.57 Å². The van der Waals surface area contributed by atoms with Crippen LogP contribution < -0.4 is 4.74 Å². The molecule has 25 heavy (non-hydrogen) atoms. The number of nitrogens with zero attached hydrogens (tertiary/aromatic N) is 2. The fraction of sp³-hybridized carbons (Fsp3) is 0.429. The Bertz CT molecular complexity index is 807. The molecule has 2 aliphatic rings. The summed E-state index contributed by atoms with van der Waals surface area (Å²) in [5.41, 5.74) is 6.13. The van der Waals surface area contributed by atoms with Crippen LogP contribution in [-0.4, -0.2) is 17.3 Å². The highest BCUT2D eigenvalue weighted by Crippen LogP contribution is 2.45. The van der Waals surface area contributed by atoms with Crippen LogP contribution in [0.4, 0.5) is 0 Å². The number of hydrogen-bond donors (Lipinski definition) is 0. The predicted molar refractivity (Wildman–Crippen MR) is 97.4 cm³/mol. The first-order valence-corrected chi connectivity index (χ1v) is 8.97. The summed E-state index contributed by atoms with van der Waals surface area (Å²) in [5.74, 6) is 3.05. The van der Waals surface area contributed by atoms with Crippen molar-refractivity contribution in [2.75, 3.05) is 7.11 Å². The summed E-state index contributed by atoms with van der Waals surface area (Å²) in [6.07, 6.45) is 11.4. The van der Waals surface area contributed by atoms with Gasteiger partial charge in [0, 0.05) is 17.8 Å². The zero-order chi connectivity index (χ0) is 17.4. The first kappa shape index (κ1) is 16.1. The van der Waals surface area contributed by atoms with Crippen LogP contribution in [0.15, 0.2) is 40.6 Å². The quantitative estimate of drug-likeness (QED) is 0.795. The molecular weight excluding hydrogens is 312 g/mol.